The van der Waals surface area contributed by atoms with Gasteiger partial charge in [-0.3, -0.25) is 10.4 Å². The van der Waals surface area contributed by atoms with E-state index in [0.29, 0.717) is 18.3 Å². The van der Waals surface area contributed by atoms with E-state index in [-0.39, 0.29) is 12.1 Å². The zero-order chi connectivity index (χ0) is 15.4. The molecule has 2 amide bonds. The van der Waals surface area contributed by atoms with Crippen LogP contribution in [-0.4, -0.2) is 44.8 Å². The van der Waals surface area contributed by atoms with E-state index in [1.54, 1.807) is 12.0 Å². The second-order valence-electron chi connectivity index (χ2n) is 5.08. The van der Waals surface area contributed by atoms with Gasteiger partial charge in [-0.05, 0) is 19.3 Å². The van der Waals surface area contributed by atoms with Crippen LogP contribution in [0.2, 0.25) is 0 Å². The van der Waals surface area contributed by atoms with Gasteiger partial charge in [0, 0.05) is 19.0 Å². The van der Waals surface area contributed by atoms with Crippen LogP contribution in [0.3, 0.4) is 0 Å². The van der Waals surface area contributed by atoms with Crippen molar-refractivity contribution in [1.29, 1.82) is 0 Å². The van der Waals surface area contributed by atoms with Gasteiger partial charge in [0.25, 0.3) is 0 Å². The lowest BCUT2D eigenvalue weighted by molar-refractivity contribution is 0.159. The number of piperidine rings is 1. The maximum atomic E-state index is 12.5. The van der Waals surface area contributed by atoms with Crippen LogP contribution in [-0.2, 0) is 11.3 Å². The second-order valence-corrected chi connectivity index (χ2v) is 5.94. The lowest BCUT2D eigenvalue weighted by atomic mass is 10.0. The summed E-state index contributed by atoms with van der Waals surface area (Å²) in [6, 6.07) is -0.214. The first kappa shape index (κ1) is 14.9. The Morgan fingerprint density at radius 3 is 3.27 bits per heavy atom. The van der Waals surface area contributed by atoms with Gasteiger partial charge < -0.3 is 9.64 Å². The molecular formula is C13H18N6O2S. The number of likely N-dealkylation sites (tertiary alicyclic amines) is 1. The van der Waals surface area contributed by atoms with Crippen LogP contribution in [0.5, 0.6) is 0 Å². The molecule has 2 aromatic heterocycles. The highest BCUT2D eigenvalue weighted by Crippen LogP contribution is 2.29. The highest BCUT2D eigenvalue weighted by molar-refractivity contribution is 7.13. The van der Waals surface area contributed by atoms with Crippen LogP contribution >= 0.6 is 11.3 Å². The fourth-order valence-corrected chi connectivity index (χ4v) is 3.26. The summed E-state index contributed by atoms with van der Waals surface area (Å²) in [6.45, 7) is 1.14. The summed E-state index contributed by atoms with van der Waals surface area (Å²) in [5, 5.41) is 12.1. The summed E-state index contributed by atoms with van der Waals surface area (Å²) in [5.41, 5.74) is 0.813. The van der Waals surface area contributed by atoms with Crippen molar-refractivity contribution in [3.8, 4) is 0 Å². The Morgan fingerprint density at radius 1 is 1.59 bits per heavy atom. The highest BCUT2D eigenvalue weighted by atomic mass is 32.1. The Labute approximate surface area is 131 Å². The summed E-state index contributed by atoms with van der Waals surface area (Å²) >= 11 is 1.40. The Hall–Kier alpha value is -2.00. The molecule has 0 bridgehead atoms. The molecular weight excluding hydrogens is 304 g/mol. The number of anilines is 1. The molecule has 1 atom stereocenters. The first-order valence-corrected chi connectivity index (χ1v) is 8.02. The third kappa shape index (κ3) is 3.25. The van der Waals surface area contributed by atoms with Crippen LogP contribution in [0.25, 0.3) is 0 Å². The average Bonchev–Trinajstić information content (AvgIpc) is 3.19. The minimum Gasteiger partial charge on any atom is -0.378 e. The van der Waals surface area contributed by atoms with Crippen LogP contribution in [0.15, 0.2) is 11.7 Å². The number of aromatic amines is 1. The van der Waals surface area contributed by atoms with E-state index in [9.17, 15) is 4.79 Å². The minimum absolute atomic E-state index is 0.0605. The van der Waals surface area contributed by atoms with Gasteiger partial charge in [-0.2, -0.15) is 5.10 Å². The van der Waals surface area contributed by atoms with Crippen LogP contribution in [0.1, 0.15) is 36.8 Å². The number of carbonyl (C=O) groups excluding carboxylic acids is 1. The molecule has 22 heavy (non-hydrogen) atoms. The molecule has 8 nitrogen and oxygen atoms in total. The third-order valence-electron chi connectivity index (χ3n) is 3.57. The van der Waals surface area contributed by atoms with Crippen molar-refractivity contribution in [2.24, 2.45) is 0 Å². The molecule has 3 heterocycles. The molecule has 118 valence electrons. The van der Waals surface area contributed by atoms with Gasteiger partial charge in [0.2, 0.25) is 0 Å². The molecule has 0 unspecified atom stereocenters. The van der Waals surface area contributed by atoms with Gasteiger partial charge in [0.05, 0.1) is 18.3 Å². The minimum atomic E-state index is -0.153. The number of methoxy groups -OCH3 is 1. The fourth-order valence-electron chi connectivity index (χ4n) is 2.58. The quantitative estimate of drug-likeness (QED) is 0.899. The number of urea groups is 1. The van der Waals surface area contributed by atoms with Gasteiger partial charge in [-0.15, -0.1) is 11.3 Å². The Balaban J connectivity index is 1.69. The molecule has 3 rings (SSSR count). The van der Waals surface area contributed by atoms with Crippen molar-refractivity contribution in [1.82, 2.24) is 25.1 Å². The lowest BCUT2D eigenvalue weighted by Crippen LogP contribution is -2.41. The molecule has 0 spiro atoms. The maximum Gasteiger partial charge on any atom is 0.324 e. The van der Waals surface area contributed by atoms with E-state index < -0.39 is 0 Å². The van der Waals surface area contributed by atoms with Gasteiger partial charge in [0.1, 0.15) is 12.2 Å². The zero-order valence-electron chi connectivity index (χ0n) is 12.3. The van der Waals surface area contributed by atoms with Crippen molar-refractivity contribution in [2.75, 3.05) is 19.0 Å². The number of thiazole rings is 1. The number of amides is 2. The first-order chi connectivity index (χ1) is 10.8. The van der Waals surface area contributed by atoms with Gasteiger partial charge >= 0.3 is 6.03 Å². The van der Waals surface area contributed by atoms with Gasteiger partial charge in [-0.1, -0.05) is 0 Å². The third-order valence-corrected chi connectivity index (χ3v) is 4.38. The first-order valence-electron chi connectivity index (χ1n) is 7.14. The summed E-state index contributed by atoms with van der Waals surface area (Å²) in [4.78, 5) is 22.8. The SMILES string of the molecule is COCc1csc(NC(=O)N2CCCC[C@H]2c2ncn[nH]2)n1. The molecule has 2 aromatic rings. The van der Waals surface area contributed by atoms with E-state index >= 15 is 0 Å². The molecule has 0 aliphatic carbocycles. The van der Waals surface area contributed by atoms with E-state index in [4.69, 9.17) is 4.74 Å². The number of hydrogen-bond acceptors (Lipinski definition) is 6. The van der Waals surface area contributed by atoms with E-state index in [1.807, 2.05) is 5.38 Å². The number of H-pyrrole nitrogens is 1. The largest absolute Gasteiger partial charge is 0.378 e. The summed E-state index contributed by atoms with van der Waals surface area (Å²) < 4.78 is 5.03. The topological polar surface area (TPSA) is 96.0 Å². The molecule has 9 heteroatoms. The smallest absolute Gasteiger partial charge is 0.324 e. The van der Waals surface area contributed by atoms with Crippen LogP contribution in [0, 0.1) is 0 Å². The van der Waals surface area contributed by atoms with Crippen molar-refractivity contribution < 1.29 is 9.53 Å². The number of aromatic nitrogens is 4. The Morgan fingerprint density at radius 2 is 2.50 bits per heavy atom. The number of nitrogens with one attached hydrogen (secondary N) is 2. The van der Waals surface area contributed by atoms with E-state index in [0.717, 1.165) is 30.8 Å². The zero-order valence-corrected chi connectivity index (χ0v) is 13.1. The predicted octanol–water partition coefficient (Wildman–Crippen LogP) is 2.17. The molecule has 1 saturated heterocycles. The lowest BCUT2D eigenvalue weighted by Gasteiger charge is -2.33. The Bertz CT molecular complexity index is 614. The average molecular weight is 322 g/mol. The monoisotopic (exact) mass is 322 g/mol. The summed E-state index contributed by atoms with van der Waals surface area (Å²) in [5.74, 6) is 0.731. The molecule has 1 fully saturated rings. The van der Waals surface area contributed by atoms with Crippen molar-refractivity contribution in [2.45, 2.75) is 31.9 Å². The Kier molecular flexibility index (Phi) is 4.64. The maximum absolute atomic E-state index is 12.5. The normalized spacial score (nSPS) is 18.4. The highest BCUT2D eigenvalue weighted by Gasteiger charge is 2.30. The van der Waals surface area contributed by atoms with Gasteiger partial charge in [0.15, 0.2) is 5.13 Å². The molecule has 1 aliphatic heterocycles. The van der Waals surface area contributed by atoms with Crippen molar-refractivity contribution >= 4 is 22.5 Å². The number of rotatable bonds is 4. The van der Waals surface area contributed by atoms with Crippen LogP contribution in [0.4, 0.5) is 9.93 Å². The molecule has 0 radical (unpaired) electrons. The van der Waals surface area contributed by atoms with Crippen molar-refractivity contribution in [3.63, 3.8) is 0 Å². The standard InChI is InChI=1S/C13H18N6O2S/c1-21-6-9-7-22-12(16-9)17-13(20)19-5-3-2-4-10(19)11-14-8-15-18-11/h7-8,10H,2-6H2,1H3,(H,14,15,18)(H,16,17,20)/t10-/m0/s1. The van der Waals surface area contributed by atoms with Gasteiger partial charge in [-0.25, -0.2) is 14.8 Å². The molecule has 0 saturated carbocycles. The van der Waals surface area contributed by atoms with E-state index in [2.05, 4.69) is 25.5 Å². The second kappa shape index (κ2) is 6.84. The molecule has 2 N–H and O–H groups in total. The van der Waals surface area contributed by atoms with E-state index in [1.165, 1.54) is 17.7 Å². The molecule has 1 aliphatic rings. The number of hydrogen-bond donors (Lipinski definition) is 2. The van der Waals surface area contributed by atoms with Crippen molar-refractivity contribution in [3.05, 3.63) is 23.2 Å². The fraction of sp³-hybridized carbons (Fsp3) is 0.538. The van der Waals surface area contributed by atoms with Crippen LogP contribution < -0.4 is 5.32 Å². The number of carbonyl (C=O) groups is 1. The summed E-state index contributed by atoms with van der Waals surface area (Å²) in [6.07, 6.45) is 4.42. The summed E-state index contributed by atoms with van der Waals surface area (Å²) in [7, 11) is 1.62. The number of ether oxygens (including phenoxy) is 1. The number of nitrogens with zero attached hydrogens (tertiary/aromatic N) is 4. The predicted molar refractivity (Wildman–Crippen MR) is 81.5 cm³/mol. The molecule has 0 aromatic carbocycles.